The summed E-state index contributed by atoms with van der Waals surface area (Å²) < 4.78 is 37.7. The van der Waals surface area contributed by atoms with Crippen molar-refractivity contribution in [1.29, 1.82) is 0 Å². The van der Waals surface area contributed by atoms with Crippen molar-refractivity contribution in [2.24, 2.45) is 0 Å². The third-order valence-corrected chi connectivity index (χ3v) is 2.94. The lowest BCUT2D eigenvalue weighted by atomic mass is 10.0. The predicted molar refractivity (Wildman–Crippen MR) is 67.4 cm³/mol. The first kappa shape index (κ1) is 15.0. The second-order valence-corrected chi connectivity index (χ2v) is 4.51. The maximum absolute atomic E-state index is 12.6. The Kier molecular flexibility index (Phi) is 5.66. The maximum atomic E-state index is 12.6. The van der Waals surface area contributed by atoms with E-state index in [9.17, 15) is 13.2 Å². The van der Waals surface area contributed by atoms with Crippen molar-refractivity contribution >= 4 is 0 Å². The van der Waals surface area contributed by atoms with E-state index >= 15 is 0 Å². The minimum Gasteiger partial charge on any atom is -0.310 e. The van der Waals surface area contributed by atoms with Gasteiger partial charge in [0.25, 0.3) is 0 Å². The second-order valence-electron chi connectivity index (χ2n) is 4.51. The van der Waals surface area contributed by atoms with Crippen LogP contribution in [0.5, 0.6) is 0 Å². The Bertz CT molecular complexity index is 360. The van der Waals surface area contributed by atoms with Crippen LogP contribution >= 0.6 is 0 Å². The SMILES string of the molecule is CCCCCNC(C)c1cccc(C(F)(F)F)c1. The summed E-state index contributed by atoms with van der Waals surface area (Å²) in [6.07, 6.45) is -0.931. The Morgan fingerprint density at radius 2 is 1.94 bits per heavy atom. The van der Waals surface area contributed by atoms with Gasteiger partial charge in [-0.1, -0.05) is 31.9 Å². The molecule has 1 rings (SSSR count). The van der Waals surface area contributed by atoms with Crippen LogP contribution in [0, 0.1) is 0 Å². The topological polar surface area (TPSA) is 12.0 Å². The molecular weight excluding hydrogens is 239 g/mol. The van der Waals surface area contributed by atoms with Crippen LogP contribution in [0.25, 0.3) is 0 Å². The van der Waals surface area contributed by atoms with Crippen LogP contribution in [0.2, 0.25) is 0 Å². The highest BCUT2D eigenvalue weighted by Crippen LogP contribution is 2.30. The van der Waals surface area contributed by atoms with Gasteiger partial charge in [-0.2, -0.15) is 13.2 Å². The molecule has 1 aromatic carbocycles. The Balaban J connectivity index is 2.60. The van der Waals surface area contributed by atoms with E-state index in [2.05, 4.69) is 12.2 Å². The highest BCUT2D eigenvalue weighted by molar-refractivity contribution is 5.27. The molecule has 0 aliphatic rings. The van der Waals surface area contributed by atoms with Gasteiger partial charge < -0.3 is 5.32 Å². The van der Waals surface area contributed by atoms with Gasteiger partial charge >= 0.3 is 6.18 Å². The molecule has 1 unspecified atom stereocenters. The van der Waals surface area contributed by atoms with Gasteiger partial charge in [-0.15, -0.1) is 0 Å². The monoisotopic (exact) mass is 259 g/mol. The van der Waals surface area contributed by atoms with E-state index in [-0.39, 0.29) is 6.04 Å². The van der Waals surface area contributed by atoms with Gasteiger partial charge in [-0.3, -0.25) is 0 Å². The van der Waals surface area contributed by atoms with E-state index in [1.54, 1.807) is 6.07 Å². The molecule has 1 atom stereocenters. The van der Waals surface area contributed by atoms with Gasteiger partial charge in [-0.25, -0.2) is 0 Å². The van der Waals surface area contributed by atoms with E-state index in [4.69, 9.17) is 0 Å². The van der Waals surface area contributed by atoms with Gasteiger partial charge in [0, 0.05) is 6.04 Å². The average molecular weight is 259 g/mol. The van der Waals surface area contributed by atoms with E-state index < -0.39 is 11.7 Å². The van der Waals surface area contributed by atoms with Crippen molar-refractivity contribution in [3.05, 3.63) is 35.4 Å². The highest BCUT2D eigenvalue weighted by Gasteiger charge is 2.30. The van der Waals surface area contributed by atoms with E-state index in [1.807, 2.05) is 6.92 Å². The molecule has 18 heavy (non-hydrogen) atoms. The lowest BCUT2D eigenvalue weighted by Gasteiger charge is -2.16. The summed E-state index contributed by atoms with van der Waals surface area (Å²) in [5.74, 6) is 0. The number of halogens is 3. The van der Waals surface area contributed by atoms with Crippen LogP contribution in [0.3, 0.4) is 0 Å². The molecule has 0 heterocycles. The summed E-state index contributed by atoms with van der Waals surface area (Å²) in [7, 11) is 0. The zero-order chi connectivity index (χ0) is 13.6. The zero-order valence-corrected chi connectivity index (χ0v) is 10.8. The number of benzene rings is 1. The minimum atomic E-state index is -4.27. The normalized spacial score (nSPS) is 13.6. The molecule has 0 fully saturated rings. The van der Waals surface area contributed by atoms with Crippen molar-refractivity contribution < 1.29 is 13.2 Å². The number of nitrogens with one attached hydrogen (secondary N) is 1. The molecule has 0 bridgehead atoms. The highest BCUT2D eigenvalue weighted by atomic mass is 19.4. The number of hydrogen-bond donors (Lipinski definition) is 1. The minimum absolute atomic E-state index is 0.0517. The van der Waals surface area contributed by atoms with Gasteiger partial charge in [0.15, 0.2) is 0 Å². The smallest absolute Gasteiger partial charge is 0.310 e. The molecular formula is C14H20F3N. The van der Waals surface area contributed by atoms with Crippen molar-refractivity contribution in [3.8, 4) is 0 Å². The molecule has 0 aromatic heterocycles. The fraction of sp³-hybridized carbons (Fsp3) is 0.571. The molecule has 1 aromatic rings. The summed E-state index contributed by atoms with van der Waals surface area (Å²) in [6, 6.07) is 5.46. The van der Waals surface area contributed by atoms with Gasteiger partial charge in [-0.05, 0) is 37.6 Å². The second kappa shape index (κ2) is 6.78. The molecule has 0 aliphatic carbocycles. The Hall–Kier alpha value is -1.03. The molecule has 0 aliphatic heterocycles. The average Bonchev–Trinajstić information content (AvgIpc) is 2.33. The quantitative estimate of drug-likeness (QED) is 0.739. The zero-order valence-electron chi connectivity index (χ0n) is 10.8. The molecule has 4 heteroatoms. The third-order valence-electron chi connectivity index (χ3n) is 2.94. The molecule has 102 valence electrons. The molecule has 0 amide bonds. The molecule has 1 nitrogen and oxygen atoms in total. The van der Waals surface area contributed by atoms with E-state index in [0.717, 1.165) is 31.9 Å². The van der Waals surface area contributed by atoms with Gasteiger partial charge in [0.05, 0.1) is 5.56 Å². The molecule has 1 N–H and O–H groups in total. The van der Waals surface area contributed by atoms with Crippen LogP contribution in [0.4, 0.5) is 13.2 Å². The van der Waals surface area contributed by atoms with Crippen LogP contribution in [-0.2, 0) is 6.18 Å². The largest absolute Gasteiger partial charge is 0.416 e. The predicted octanol–water partition coefficient (Wildman–Crippen LogP) is 4.55. The summed E-state index contributed by atoms with van der Waals surface area (Å²) in [4.78, 5) is 0. The van der Waals surface area contributed by atoms with Gasteiger partial charge in [0.1, 0.15) is 0 Å². The molecule has 0 spiro atoms. The summed E-state index contributed by atoms with van der Waals surface area (Å²) in [5, 5.41) is 3.25. The Morgan fingerprint density at radius 1 is 1.22 bits per heavy atom. The van der Waals surface area contributed by atoms with Crippen molar-refractivity contribution in [2.75, 3.05) is 6.54 Å². The summed E-state index contributed by atoms with van der Waals surface area (Å²) >= 11 is 0. The van der Waals surface area contributed by atoms with Crippen molar-refractivity contribution in [2.45, 2.75) is 45.3 Å². The number of unbranched alkanes of at least 4 members (excludes halogenated alkanes) is 2. The third kappa shape index (κ3) is 4.69. The number of hydrogen-bond acceptors (Lipinski definition) is 1. The first-order valence-electron chi connectivity index (χ1n) is 6.35. The molecule has 0 radical (unpaired) electrons. The van der Waals surface area contributed by atoms with Crippen molar-refractivity contribution in [3.63, 3.8) is 0 Å². The van der Waals surface area contributed by atoms with Crippen LogP contribution in [0.15, 0.2) is 24.3 Å². The summed E-state index contributed by atoms with van der Waals surface area (Å²) in [5.41, 5.74) is 0.100. The fourth-order valence-corrected chi connectivity index (χ4v) is 1.80. The fourth-order valence-electron chi connectivity index (χ4n) is 1.80. The first-order valence-corrected chi connectivity index (χ1v) is 6.35. The van der Waals surface area contributed by atoms with Crippen molar-refractivity contribution in [1.82, 2.24) is 5.32 Å². The van der Waals surface area contributed by atoms with E-state index in [1.165, 1.54) is 12.1 Å². The molecule has 0 saturated heterocycles. The maximum Gasteiger partial charge on any atom is 0.416 e. The van der Waals surface area contributed by atoms with E-state index in [0.29, 0.717) is 5.56 Å². The number of rotatable bonds is 6. The molecule has 0 saturated carbocycles. The van der Waals surface area contributed by atoms with Crippen LogP contribution in [0.1, 0.15) is 50.3 Å². The number of alkyl halides is 3. The standard InChI is InChI=1S/C14H20F3N/c1-3-4-5-9-18-11(2)12-7-6-8-13(10-12)14(15,16)17/h6-8,10-11,18H,3-5,9H2,1-2H3. The summed E-state index contributed by atoms with van der Waals surface area (Å²) in [6.45, 7) is 4.85. The van der Waals surface area contributed by atoms with Crippen LogP contribution < -0.4 is 5.32 Å². The first-order chi connectivity index (χ1) is 8.45. The van der Waals surface area contributed by atoms with Crippen LogP contribution in [-0.4, -0.2) is 6.54 Å². The Morgan fingerprint density at radius 3 is 2.56 bits per heavy atom. The lowest BCUT2D eigenvalue weighted by molar-refractivity contribution is -0.137. The lowest BCUT2D eigenvalue weighted by Crippen LogP contribution is -2.20. The van der Waals surface area contributed by atoms with Gasteiger partial charge in [0.2, 0.25) is 0 Å². The Labute approximate surface area is 106 Å².